The minimum absolute atomic E-state index is 0.196. The maximum absolute atomic E-state index is 12.5. The average Bonchev–Trinajstić information content (AvgIpc) is 2.80. The Kier molecular flexibility index (Phi) is 10.6. The Morgan fingerprint density at radius 1 is 0.833 bits per heavy atom. The van der Waals surface area contributed by atoms with Crippen molar-refractivity contribution in [2.45, 2.75) is 128 Å². The van der Waals surface area contributed by atoms with Gasteiger partial charge in [0.2, 0.25) is 0 Å². The predicted octanol–water partition coefficient (Wildman–Crippen LogP) is 8.03. The van der Waals surface area contributed by atoms with Gasteiger partial charge in [-0.3, -0.25) is 9.05 Å². The molecule has 0 aromatic rings. The number of quaternary nitrogens is 1. The smallest absolute Gasteiger partial charge is 0.326 e. The molecule has 5 fully saturated rings. The number of nitrogens with zero attached hydrogens (tertiary/aromatic N) is 1. The summed E-state index contributed by atoms with van der Waals surface area (Å²) in [7, 11) is 2.43. The highest BCUT2D eigenvalue weighted by molar-refractivity contribution is 7.47. The van der Waals surface area contributed by atoms with Crippen LogP contribution < -0.4 is 0 Å². The van der Waals surface area contributed by atoms with Crippen LogP contribution in [0.2, 0.25) is 0 Å². The Morgan fingerprint density at radius 3 is 2.00 bits per heavy atom. The number of allylic oxidation sites excluding steroid dienone is 2. The van der Waals surface area contributed by atoms with Crippen molar-refractivity contribution in [3.8, 4) is 0 Å². The number of phosphoric acid groups is 1. The van der Waals surface area contributed by atoms with Crippen LogP contribution in [0, 0.1) is 23.7 Å². The second-order valence-corrected chi connectivity index (χ2v) is 14.9. The van der Waals surface area contributed by atoms with E-state index in [4.69, 9.17) is 9.05 Å². The fourth-order valence-electron chi connectivity index (χ4n) is 8.11. The molecule has 36 heavy (non-hydrogen) atoms. The molecule has 0 radical (unpaired) electrons. The van der Waals surface area contributed by atoms with Crippen molar-refractivity contribution in [2.75, 3.05) is 27.7 Å². The minimum atomic E-state index is -3.98. The molecule has 5 saturated carbocycles. The third-order valence-electron chi connectivity index (χ3n) is 9.75. The number of phosphoric ester groups is 1. The molecular weight excluding hydrogens is 469 g/mol. The topological polar surface area (TPSA) is 55.8 Å². The molecule has 1 N–H and O–H groups in total. The molecule has 0 aromatic carbocycles. The summed E-state index contributed by atoms with van der Waals surface area (Å²) in [4.78, 5) is 10.2. The van der Waals surface area contributed by atoms with Gasteiger partial charge in [-0.1, -0.05) is 56.6 Å². The van der Waals surface area contributed by atoms with Crippen molar-refractivity contribution in [3.05, 3.63) is 11.6 Å². The fourth-order valence-corrected chi connectivity index (χ4v) is 9.11. The highest BCUT2D eigenvalue weighted by Crippen LogP contribution is 2.56. The van der Waals surface area contributed by atoms with Crippen LogP contribution in [0.5, 0.6) is 0 Å². The molecule has 4 bridgehead atoms. The van der Waals surface area contributed by atoms with E-state index in [9.17, 15) is 9.46 Å². The molecule has 0 spiro atoms. The van der Waals surface area contributed by atoms with Crippen LogP contribution >= 0.6 is 7.82 Å². The van der Waals surface area contributed by atoms with Crippen LogP contribution in [0.15, 0.2) is 11.6 Å². The molecular formula is C30H55NO4P+. The molecule has 5 rings (SSSR count). The molecule has 5 nitrogen and oxygen atoms in total. The molecule has 3 unspecified atom stereocenters. The van der Waals surface area contributed by atoms with E-state index in [0.29, 0.717) is 6.61 Å². The highest BCUT2D eigenvalue weighted by atomic mass is 31.2. The first-order valence-electron chi connectivity index (χ1n) is 15.4. The molecule has 0 heterocycles. The van der Waals surface area contributed by atoms with Gasteiger partial charge in [-0.15, -0.1) is 0 Å². The second-order valence-electron chi connectivity index (χ2n) is 13.5. The summed E-state index contributed by atoms with van der Waals surface area (Å²) in [6.07, 6.45) is 25.1. The lowest BCUT2D eigenvalue weighted by atomic mass is 9.54. The predicted molar refractivity (Wildman–Crippen MR) is 148 cm³/mol. The summed E-state index contributed by atoms with van der Waals surface area (Å²) in [5, 5.41) is 0. The van der Waals surface area contributed by atoms with Crippen LogP contribution in [0.25, 0.3) is 0 Å². The van der Waals surface area contributed by atoms with Gasteiger partial charge >= 0.3 is 7.82 Å². The summed E-state index contributed by atoms with van der Waals surface area (Å²) < 4.78 is 24.2. The van der Waals surface area contributed by atoms with E-state index in [1.807, 2.05) is 5.57 Å². The van der Waals surface area contributed by atoms with Crippen molar-refractivity contribution in [3.63, 3.8) is 0 Å². The molecule has 6 heteroatoms. The molecule has 5 aliphatic rings. The van der Waals surface area contributed by atoms with Crippen molar-refractivity contribution >= 4 is 7.82 Å². The first kappa shape index (κ1) is 28.8. The lowest BCUT2D eigenvalue weighted by molar-refractivity contribution is -0.900. The number of rotatable bonds is 15. The van der Waals surface area contributed by atoms with Crippen LogP contribution in [-0.4, -0.2) is 49.3 Å². The lowest BCUT2D eigenvalue weighted by Gasteiger charge is -2.51. The van der Waals surface area contributed by atoms with E-state index in [-0.39, 0.29) is 12.1 Å². The number of hydrogen-bond acceptors (Lipinski definition) is 3. The van der Waals surface area contributed by atoms with Gasteiger partial charge in [0.25, 0.3) is 0 Å². The Morgan fingerprint density at radius 2 is 1.39 bits per heavy atom. The largest absolute Gasteiger partial charge is 0.472 e. The van der Waals surface area contributed by atoms with E-state index in [1.165, 1.54) is 70.6 Å². The summed E-state index contributed by atoms with van der Waals surface area (Å²) in [5.74, 6) is 4.06. The Balaban J connectivity index is 0.988. The van der Waals surface area contributed by atoms with Gasteiger partial charge in [0.1, 0.15) is 12.1 Å². The van der Waals surface area contributed by atoms with E-state index < -0.39 is 7.82 Å². The van der Waals surface area contributed by atoms with Gasteiger partial charge in [-0.05, 0) is 87.9 Å². The van der Waals surface area contributed by atoms with Gasteiger partial charge in [0.15, 0.2) is 0 Å². The first-order valence-corrected chi connectivity index (χ1v) is 16.9. The van der Waals surface area contributed by atoms with Crippen LogP contribution in [-0.2, 0) is 13.6 Å². The molecule has 5 aliphatic carbocycles. The van der Waals surface area contributed by atoms with Crippen LogP contribution in [0.3, 0.4) is 0 Å². The molecule has 0 amide bonds. The van der Waals surface area contributed by atoms with Gasteiger partial charge in [0, 0.05) is 6.42 Å². The Hall–Kier alpha value is -0.190. The van der Waals surface area contributed by atoms with Gasteiger partial charge in [-0.25, -0.2) is 4.57 Å². The molecule has 208 valence electrons. The molecule has 3 atom stereocenters. The number of hydrogen-bond donors (Lipinski definition) is 1. The van der Waals surface area contributed by atoms with E-state index in [1.54, 1.807) is 6.42 Å². The first-order chi connectivity index (χ1) is 17.2. The minimum Gasteiger partial charge on any atom is -0.326 e. The third kappa shape index (κ3) is 8.40. The lowest BCUT2D eigenvalue weighted by Crippen LogP contribution is -2.53. The normalized spacial score (nSPS) is 33.6. The fraction of sp³-hybridized carbons (Fsp3) is 0.933. The second kappa shape index (κ2) is 13.2. The zero-order valence-corrected chi connectivity index (χ0v) is 24.4. The Bertz CT molecular complexity index is 731. The quantitative estimate of drug-likeness (QED) is 0.102. The summed E-state index contributed by atoms with van der Waals surface area (Å²) in [6, 6.07) is 0.247. The summed E-state index contributed by atoms with van der Waals surface area (Å²) in [6.45, 7) is 0.313. The highest BCUT2D eigenvalue weighted by Gasteiger charge is 2.44. The van der Waals surface area contributed by atoms with Crippen LogP contribution in [0.1, 0.15) is 116 Å². The van der Waals surface area contributed by atoms with Gasteiger partial charge in [0.05, 0.1) is 27.7 Å². The van der Waals surface area contributed by atoms with Crippen LogP contribution in [0.4, 0.5) is 0 Å². The maximum atomic E-state index is 12.5. The van der Waals surface area contributed by atoms with Crippen molar-refractivity contribution in [1.82, 2.24) is 0 Å². The third-order valence-corrected chi connectivity index (χ3v) is 10.8. The van der Waals surface area contributed by atoms with Crippen molar-refractivity contribution in [1.29, 1.82) is 0 Å². The summed E-state index contributed by atoms with van der Waals surface area (Å²) in [5.41, 5.74) is 1.87. The van der Waals surface area contributed by atoms with Gasteiger partial charge in [-0.2, -0.15) is 0 Å². The molecule has 0 saturated heterocycles. The number of likely N-dealkylation sites (N-methyl/N-ethyl adjacent to an activating group) is 1. The van der Waals surface area contributed by atoms with Gasteiger partial charge < -0.3 is 9.38 Å². The van der Waals surface area contributed by atoms with E-state index >= 15 is 0 Å². The van der Waals surface area contributed by atoms with E-state index in [0.717, 1.165) is 66.7 Å². The summed E-state index contributed by atoms with van der Waals surface area (Å²) >= 11 is 0. The van der Waals surface area contributed by atoms with Crippen molar-refractivity contribution < 1.29 is 23.0 Å². The molecule has 0 aromatic heterocycles. The van der Waals surface area contributed by atoms with E-state index in [2.05, 4.69) is 27.2 Å². The molecule has 0 aliphatic heterocycles. The monoisotopic (exact) mass is 524 g/mol. The Labute approximate surface area is 221 Å². The zero-order chi connectivity index (χ0) is 25.6. The SMILES string of the molecule is C[N+](C)(C)C1CCCCC1OP(=O)(O)OCCCCCCCCCCC=C1C2CC3CC(C2)CC1C3. The standard InChI is InChI=1S/C30H54NO4P/c1-31(2,3)29-16-12-13-17-30(29)35-36(32,33)34-18-14-10-8-6-4-5-7-9-11-15-28-26-20-24-19-25(22-26)23-27(28)21-24/h15,24-27,29-30H,4-14,16-23H2,1-3H3/p+1. The average molecular weight is 525 g/mol. The maximum Gasteiger partial charge on any atom is 0.472 e. The number of unbranched alkanes of at least 4 members (excludes halogenated alkanes) is 8. The zero-order valence-electron chi connectivity index (χ0n) is 23.5. The van der Waals surface area contributed by atoms with Crippen molar-refractivity contribution in [2.24, 2.45) is 23.7 Å².